The maximum atomic E-state index is 6.06. The van der Waals surface area contributed by atoms with Crippen LogP contribution in [0.15, 0.2) is 23.8 Å². The Morgan fingerprint density at radius 1 is 1.36 bits per heavy atom. The lowest BCUT2D eigenvalue weighted by Gasteiger charge is -2.20. The Labute approximate surface area is 89.6 Å². The van der Waals surface area contributed by atoms with E-state index in [9.17, 15) is 0 Å². The van der Waals surface area contributed by atoms with E-state index in [1.54, 1.807) is 0 Å². The van der Waals surface area contributed by atoms with Crippen LogP contribution >= 0.6 is 11.6 Å². The minimum Gasteiger partial charge on any atom is -0.322 e. The van der Waals surface area contributed by atoms with E-state index in [1.165, 1.54) is 16.7 Å². The van der Waals surface area contributed by atoms with Crippen LogP contribution in [0.5, 0.6) is 0 Å². The molecule has 0 atom stereocenters. The zero-order chi connectivity index (χ0) is 10.3. The normalized spacial score (nSPS) is 15.3. The smallest absolute Gasteiger partial charge is 0.0412 e. The van der Waals surface area contributed by atoms with Crippen molar-refractivity contribution in [3.63, 3.8) is 0 Å². The van der Waals surface area contributed by atoms with Crippen LogP contribution < -0.4 is 5.73 Å². The van der Waals surface area contributed by atoms with Crippen LogP contribution in [-0.4, -0.2) is 5.54 Å². The summed E-state index contributed by atoms with van der Waals surface area (Å²) < 4.78 is 0. The summed E-state index contributed by atoms with van der Waals surface area (Å²) >= 11 is 5.92. The van der Waals surface area contributed by atoms with Crippen molar-refractivity contribution in [3.8, 4) is 0 Å². The molecule has 0 fully saturated rings. The third kappa shape index (κ3) is 1.70. The van der Waals surface area contributed by atoms with Crippen molar-refractivity contribution in [1.29, 1.82) is 0 Å². The van der Waals surface area contributed by atoms with Crippen LogP contribution in [0, 0.1) is 0 Å². The molecule has 0 radical (unpaired) electrons. The summed E-state index contributed by atoms with van der Waals surface area (Å²) in [5, 5.41) is 0.788. The maximum Gasteiger partial charge on any atom is 0.0412 e. The Hall–Kier alpha value is -0.790. The van der Waals surface area contributed by atoms with Gasteiger partial charge in [-0.05, 0) is 49.1 Å². The second-order valence-electron chi connectivity index (χ2n) is 4.41. The number of halogens is 1. The van der Waals surface area contributed by atoms with Gasteiger partial charge in [0.2, 0.25) is 0 Å². The SMILES string of the molecule is CC(C)(N)C1=Cc2cc(Cl)ccc2C1. The molecule has 14 heavy (non-hydrogen) atoms. The number of nitrogens with two attached hydrogens (primary N) is 1. The van der Waals surface area contributed by atoms with E-state index in [1.807, 2.05) is 26.0 Å². The first kappa shape index (κ1) is 9.75. The summed E-state index contributed by atoms with van der Waals surface area (Å²) in [4.78, 5) is 0. The minimum atomic E-state index is -0.231. The highest BCUT2D eigenvalue weighted by molar-refractivity contribution is 6.30. The fourth-order valence-corrected chi connectivity index (χ4v) is 1.90. The molecular formula is C12H14ClN. The summed E-state index contributed by atoms with van der Waals surface area (Å²) in [6, 6.07) is 6.00. The highest BCUT2D eigenvalue weighted by Gasteiger charge is 2.23. The van der Waals surface area contributed by atoms with Gasteiger partial charge in [0.25, 0.3) is 0 Å². The standard InChI is InChI=1S/C12H14ClN/c1-12(2,14)10-5-8-3-4-11(13)7-9(8)6-10/h3-4,6-7H,5,14H2,1-2H3. The largest absolute Gasteiger partial charge is 0.322 e. The summed E-state index contributed by atoms with van der Waals surface area (Å²) in [6.07, 6.45) is 3.11. The van der Waals surface area contributed by atoms with E-state index < -0.39 is 0 Å². The summed E-state index contributed by atoms with van der Waals surface area (Å²) in [5.41, 5.74) is 9.64. The molecule has 0 saturated carbocycles. The van der Waals surface area contributed by atoms with Gasteiger partial charge in [0.05, 0.1) is 0 Å². The van der Waals surface area contributed by atoms with Crippen LogP contribution in [0.1, 0.15) is 25.0 Å². The van der Waals surface area contributed by atoms with Gasteiger partial charge in [0.15, 0.2) is 0 Å². The lowest BCUT2D eigenvalue weighted by molar-refractivity contribution is 0.604. The van der Waals surface area contributed by atoms with Crippen LogP contribution in [0.4, 0.5) is 0 Å². The molecule has 0 aliphatic heterocycles. The fraction of sp³-hybridized carbons (Fsp3) is 0.333. The van der Waals surface area contributed by atoms with Crippen molar-refractivity contribution < 1.29 is 0 Å². The summed E-state index contributed by atoms with van der Waals surface area (Å²) in [6.45, 7) is 4.07. The highest BCUT2D eigenvalue weighted by Crippen LogP contribution is 2.31. The quantitative estimate of drug-likeness (QED) is 0.753. The maximum absolute atomic E-state index is 6.06. The first-order valence-corrected chi connectivity index (χ1v) is 5.13. The number of rotatable bonds is 1. The fourth-order valence-electron chi connectivity index (χ4n) is 1.72. The Morgan fingerprint density at radius 2 is 2.07 bits per heavy atom. The van der Waals surface area contributed by atoms with Crippen molar-refractivity contribution in [2.75, 3.05) is 0 Å². The Bertz CT molecular complexity index is 399. The van der Waals surface area contributed by atoms with Crippen molar-refractivity contribution in [1.82, 2.24) is 0 Å². The van der Waals surface area contributed by atoms with Crippen molar-refractivity contribution in [2.45, 2.75) is 25.8 Å². The van der Waals surface area contributed by atoms with Crippen molar-refractivity contribution in [3.05, 3.63) is 39.9 Å². The van der Waals surface area contributed by atoms with Gasteiger partial charge >= 0.3 is 0 Å². The lowest BCUT2D eigenvalue weighted by Crippen LogP contribution is -2.34. The van der Waals surface area contributed by atoms with E-state index in [0.717, 1.165) is 11.4 Å². The topological polar surface area (TPSA) is 26.0 Å². The van der Waals surface area contributed by atoms with E-state index in [0.29, 0.717) is 0 Å². The molecule has 0 spiro atoms. The molecule has 2 rings (SSSR count). The molecule has 2 N–H and O–H groups in total. The third-order valence-electron chi connectivity index (χ3n) is 2.65. The van der Waals surface area contributed by atoms with Gasteiger partial charge < -0.3 is 5.73 Å². The highest BCUT2D eigenvalue weighted by atomic mass is 35.5. The predicted octanol–water partition coefficient (Wildman–Crippen LogP) is 3.02. The average Bonchev–Trinajstić information content (AvgIpc) is 2.45. The Morgan fingerprint density at radius 3 is 2.71 bits per heavy atom. The third-order valence-corrected chi connectivity index (χ3v) is 2.88. The lowest BCUT2D eigenvalue weighted by atomic mass is 9.94. The molecule has 0 heterocycles. The van der Waals surface area contributed by atoms with Crippen molar-refractivity contribution >= 4 is 17.7 Å². The molecular weight excluding hydrogens is 194 g/mol. The monoisotopic (exact) mass is 207 g/mol. The first-order chi connectivity index (χ1) is 6.47. The zero-order valence-electron chi connectivity index (χ0n) is 8.47. The molecule has 74 valence electrons. The summed E-state index contributed by atoms with van der Waals surface area (Å²) in [5.74, 6) is 0. The molecule has 1 aliphatic carbocycles. The summed E-state index contributed by atoms with van der Waals surface area (Å²) in [7, 11) is 0. The average molecular weight is 208 g/mol. The number of hydrogen-bond acceptors (Lipinski definition) is 1. The van der Waals surface area contributed by atoms with Crippen LogP contribution in [0.3, 0.4) is 0 Å². The number of benzene rings is 1. The van der Waals surface area contributed by atoms with Crippen LogP contribution in [-0.2, 0) is 6.42 Å². The van der Waals surface area contributed by atoms with Gasteiger partial charge in [-0.25, -0.2) is 0 Å². The van der Waals surface area contributed by atoms with Crippen molar-refractivity contribution in [2.24, 2.45) is 5.73 Å². The van der Waals surface area contributed by atoms with Gasteiger partial charge in [0, 0.05) is 10.6 Å². The van der Waals surface area contributed by atoms with Crippen LogP contribution in [0.2, 0.25) is 5.02 Å². The molecule has 1 aliphatic rings. The number of fused-ring (bicyclic) bond motifs is 1. The molecule has 0 amide bonds. The molecule has 0 aromatic heterocycles. The van der Waals surface area contributed by atoms with Gasteiger partial charge in [-0.15, -0.1) is 0 Å². The number of hydrogen-bond donors (Lipinski definition) is 1. The van der Waals surface area contributed by atoms with E-state index in [4.69, 9.17) is 17.3 Å². The second kappa shape index (κ2) is 3.11. The van der Waals surface area contributed by atoms with Gasteiger partial charge in [-0.2, -0.15) is 0 Å². The molecule has 1 aromatic rings. The molecule has 0 unspecified atom stereocenters. The van der Waals surface area contributed by atoms with E-state index in [-0.39, 0.29) is 5.54 Å². The Balaban J connectivity index is 2.39. The zero-order valence-corrected chi connectivity index (χ0v) is 9.23. The van der Waals surface area contributed by atoms with Gasteiger partial charge in [-0.1, -0.05) is 23.7 Å². The van der Waals surface area contributed by atoms with Crippen LogP contribution in [0.25, 0.3) is 6.08 Å². The molecule has 1 aromatic carbocycles. The van der Waals surface area contributed by atoms with E-state index >= 15 is 0 Å². The van der Waals surface area contributed by atoms with Gasteiger partial charge in [0.1, 0.15) is 0 Å². The Kier molecular flexibility index (Phi) is 2.17. The second-order valence-corrected chi connectivity index (χ2v) is 4.85. The molecule has 0 saturated heterocycles. The molecule has 2 heteroatoms. The first-order valence-electron chi connectivity index (χ1n) is 4.75. The molecule has 1 nitrogen and oxygen atoms in total. The minimum absolute atomic E-state index is 0.231. The predicted molar refractivity (Wildman–Crippen MR) is 61.4 cm³/mol. The molecule has 0 bridgehead atoms. The van der Waals surface area contributed by atoms with Gasteiger partial charge in [-0.3, -0.25) is 0 Å². The van der Waals surface area contributed by atoms with E-state index in [2.05, 4.69) is 12.1 Å².